The third-order valence-corrected chi connectivity index (χ3v) is 3.85. The van der Waals surface area contributed by atoms with E-state index in [-0.39, 0.29) is 6.04 Å². The molecule has 0 aliphatic heterocycles. The van der Waals surface area contributed by atoms with Gasteiger partial charge in [-0.1, -0.05) is 24.6 Å². The number of nitrogens with zero attached hydrogens (tertiary/aromatic N) is 2. The maximum absolute atomic E-state index is 6.26. The van der Waals surface area contributed by atoms with E-state index < -0.39 is 0 Å². The zero-order valence-corrected chi connectivity index (χ0v) is 13.3. The number of rotatable bonds is 7. The number of hydrogen-bond acceptors (Lipinski definition) is 3. The summed E-state index contributed by atoms with van der Waals surface area (Å²) in [7, 11) is 1.92. The first kappa shape index (κ1) is 15.9. The van der Waals surface area contributed by atoms with Gasteiger partial charge in [0.2, 0.25) is 0 Å². The van der Waals surface area contributed by atoms with Crippen molar-refractivity contribution in [3.05, 3.63) is 46.7 Å². The average Bonchev–Trinajstić information content (AvgIpc) is 2.86. The van der Waals surface area contributed by atoms with Crippen LogP contribution in [0.25, 0.3) is 0 Å². The van der Waals surface area contributed by atoms with Crippen LogP contribution >= 0.6 is 11.6 Å². The van der Waals surface area contributed by atoms with Crippen LogP contribution in [0.1, 0.15) is 24.6 Å². The van der Waals surface area contributed by atoms with E-state index in [0.717, 1.165) is 30.5 Å². The van der Waals surface area contributed by atoms with E-state index in [4.69, 9.17) is 22.1 Å². The Labute approximate surface area is 130 Å². The van der Waals surface area contributed by atoms with Crippen molar-refractivity contribution in [2.75, 3.05) is 6.61 Å². The van der Waals surface area contributed by atoms with Gasteiger partial charge in [-0.3, -0.25) is 4.68 Å². The minimum Gasteiger partial charge on any atom is -0.492 e. The number of halogens is 1. The van der Waals surface area contributed by atoms with Crippen LogP contribution in [0.5, 0.6) is 5.75 Å². The minimum atomic E-state index is 0.178. The number of aromatic nitrogens is 2. The molecule has 0 aliphatic carbocycles. The molecule has 21 heavy (non-hydrogen) atoms. The van der Waals surface area contributed by atoms with E-state index >= 15 is 0 Å². The number of nitrogens with two attached hydrogens (primary N) is 1. The summed E-state index contributed by atoms with van der Waals surface area (Å²) < 4.78 is 7.59. The van der Waals surface area contributed by atoms with E-state index in [0.29, 0.717) is 17.4 Å². The molecule has 2 N–H and O–H groups in total. The molecule has 1 atom stereocenters. The van der Waals surface area contributed by atoms with Crippen molar-refractivity contribution < 1.29 is 4.74 Å². The summed E-state index contributed by atoms with van der Waals surface area (Å²) in [6, 6.07) is 8.05. The Morgan fingerprint density at radius 1 is 1.38 bits per heavy atom. The van der Waals surface area contributed by atoms with Gasteiger partial charge in [-0.2, -0.15) is 5.10 Å². The van der Waals surface area contributed by atoms with Crippen molar-refractivity contribution in [1.29, 1.82) is 0 Å². The predicted molar refractivity (Wildman–Crippen MR) is 85.8 cm³/mol. The molecule has 0 amide bonds. The van der Waals surface area contributed by atoms with Gasteiger partial charge < -0.3 is 10.5 Å². The molecule has 1 heterocycles. The number of aryl methyl sites for hydroxylation is 1. The second-order valence-electron chi connectivity index (χ2n) is 5.18. The second-order valence-corrected chi connectivity index (χ2v) is 5.59. The molecule has 1 aromatic carbocycles. The topological polar surface area (TPSA) is 53.1 Å². The van der Waals surface area contributed by atoms with Crippen molar-refractivity contribution in [2.45, 2.75) is 32.2 Å². The van der Waals surface area contributed by atoms with Gasteiger partial charge >= 0.3 is 0 Å². The van der Waals surface area contributed by atoms with E-state index in [2.05, 4.69) is 12.0 Å². The molecule has 0 bridgehead atoms. The van der Waals surface area contributed by atoms with Crippen molar-refractivity contribution in [3.8, 4) is 5.75 Å². The van der Waals surface area contributed by atoms with Crippen molar-refractivity contribution in [1.82, 2.24) is 9.78 Å². The molecule has 0 saturated carbocycles. The lowest BCUT2D eigenvalue weighted by atomic mass is 10.0. The maximum atomic E-state index is 6.26. The van der Waals surface area contributed by atoms with E-state index in [1.54, 1.807) is 6.20 Å². The third-order valence-electron chi connectivity index (χ3n) is 3.56. The van der Waals surface area contributed by atoms with Crippen LogP contribution in [-0.4, -0.2) is 22.4 Å². The summed E-state index contributed by atoms with van der Waals surface area (Å²) in [6.45, 7) is 2.66. The summed E-state index contributed by atoms with van der Waals surface area (Å²) >= 11 is 6.26. The van der Waals surface area contributed by atoms with Crippen molar-refractivity contribution in [3.63, 3.8) is 0 Å². The van der Waals surface area contributed by atoms with Gasteiger partial charge in [-0.05, 0) is 36.6 Å². The van der Waals surface area contributed by atoms with Crippen LogP contribution in [0.2, 0.25) is 5.02 Å². The molecule has 0 saturated heterocycles. The SMILES string of the molecule is CCC(N)Cc1ccc(OCCc2ccnn2C)c(Cl)c1. The Morgan fingerprint density at radius 3 is 2.81 bits per heavy atom. The first-order chi connectivity index (χ1) is 10.1. The zero-order valence-electron chi connectivity index (χ0n) is 12.6. The molecule has 2 rings (SSSR count). The Kier molecular flexibility index (Phi) is 5.65. The van der Waals surface area contributed by atoms with E-state index in [1.807, 2.05) is 36.0 Å². The maximum Gasteiger partial charge on any atom is 0.137 e. The summed E-state index contributed by atoms with van der Waals surface area (Å²) in [5.74, 6) is 0.715. The highest BCUT2D eigenvalue weighted by Crippen LogP contribution is 2.26. The highest BCUT2D eigenvalue weighted by molar-refractivity contribution is 6.32. The molecule has 1 aromatic heterocycles. The summed E-state index contributed by atoms with van der Waals surface area (Å²) in [4.78, 5) is 0. The first-order valence-corrected chi connectivity index (χ1v) is 7.61. The van der Waals surface area contributed by atoms with E-state index in [1.165, 1.54) is 0 Å². The molecule has 0 aliphatic rings. The third kappa shape index (κ3) is 4.48. The standard InChI is InChI=1S/C16H22ClN3O/c1-3-13(18)10-12-4-5-16(15(17)11-12)21-9-7-14-6-8-19-20(14)2/h4-6,8,11,13H,3,7,9-10,18H2,1-2H3. The molecular formula is C16H22ClN3O. The Balaban J connectivity index is 1.90. The van der Waals surface area contributed by atoms with Crippen LogP contribution in [0.3, 0.4) is 0 Å². The van der Waals surface area contributed by atoms with Crippen molar-refractivity contribution in [2.24, 2.45) is 12.8 Å². The van der Waals surface area contributed by atoms with Gasteiger partial charge in [0.15, 0.2) is 0 Å². The number of hydrogen-bond donors (Lipinski definition) is 1. The predicted octanol–water partition coefficient (Wildman–Crippen LogP) is 2.97. The Morgan fingerprint density at radius 2 is 2.19 bits per heavy atom. The largest absolute Gasteiger partial charge is 0.492 e. The molecule has 1 unspecified atom stereocenters. The lowest BCUT2D eigenvalue weighted by Crippen LogP contribution is -2.21. The fourth-order valence-electron chi connectivity index (χ4n) is 2.15. The number of ether oxygens (including phenoxy) is 1. The van der Waals surface area contributed by atoms with Crippen LogP contribution in [0.15, 0.2) is 30.5 Å². The molecule has 114 valence electrons. The van der Waals surface area contributed by atoms with Crippen LogP contribution < -0.4 is 10.5 Å². The summed E-state index contributed by atoms with van der Waals surface area (Å²) in [5.41, 5.74) is 8.24. The van der Waals surface area contributed by atoms with E-state index in [9.17, 15) is 0 Å². The second kappa shape index (κ2) is 7.48. The molecule has 4 nitrogen and oxygen atoms in total. The molecule has 0 radical (unpaired) electrons. The normalized spacial score (nSPS) is 12.4. The van der Waals surface area contributed by atoms with Crippen molar-refractivity contribution >= 4 is 11.6 Å². The van der Waals surface area contributed by atoms with Gasteiger partial charge in [0, 0.05) is 31.4 Å². The molecule has 2 aromatic rings. The number of benzene rings is 1. The van der Waals surface area contributed by atoms with Gasteiger partial charge in [-0.15, -0.1) is 0 Å². The average molecular weight is 308 g/mol. The van der Waals surface area contributed by atoms with Gasteiger partial charge in [0.1, 0.15) is 5.75 Å². The van der Waals surface area contributed by atoms with Crippen LogP contribution in [0.4, 0.5) is 0 Å². The first-order valence-electron chi connectivity index (χ1n) is 7.23. The van der Waals surface area contributed by atoms with Gasteiger partial charge in [0.25, 0.3) is 0 Å². The summed E-state index contributed by atoms with van der Waals surface area (Å²) in [5, 5.41) is 4.77. The summed E-state index contributed by atoms with van der Waals surface area (Å²) in [6.07, 6.45) is 4.38. The lowest BCUT2D eigenvalue weighted by Gasteiger charge is -2.12. The van der Waals surface area contributed by atoms with Gasteiger partial charge in [-0.25, -0.2) is 0 Å². The van der Waals surface area contributed by atoms with Crippen LogP contribution in [-0.2, 0) is 19.9 Å². The minimum absolute atomic E-state index is 0.178. The smallest absolute Gasteiger partial charge is 0.137 e. The lowest BCUT2D eigenvalue weighted by molar-refractivity contribution is 0.318. The highest BCUT2D eigenvalue weighted by atomic mass is 35.5. The fourth-order valence-corrected chi connectivity index (χ4v) is 2.41. The molecule has 0 fully saturated rings. The molecule has 0 spiro atoms. The zero-order chi connectivity index (χ0) is 15.2. The van der Waals surface area contributed by atoms with Gasteiger partial charge in [0.05, 0.1) is 11.6 Å². The Bertz CT molecular complexity index is 583. The quantitative estimate of drug-likeness (QED) is 0.855. The monoisotopic (exact) mass is 307 g/mol. The molecular weight excluding hydrogens is 286 g/mol. The van der Waals surface area contributed by atoms with Crippen LogP contribution in [0, 0.1) is 0 Å². The Hall–Kier alpha value is -1.52. The highest BCUT2D eigenvalue weighted by Gasteiger charge is 2.07. The molecule has 5 heteroatoms. The fraction of sp³-hybridized carbons (Fsp3) is 0.438.